The predicted molar refractivity (Wildman–Crippen MR) is 75.8 cm³/mol. The fraction of sp³-hybridized carbons (Fsp3) is 0.400. The molecule has 18 heavy (non-hydrogen) atoms. The lowest BCUT2D eigenvalue weighted by atomic mass is 10.1. The van der Waals surface area contributed by atoms with Crippen molar-refractivity contribution in [2.45, 2.75) is 26.3 Å². The van der Waals surface area contributed by atoms with Crippen molar-refractivity contribution in [2.75, 3.05) is 18.0 Å². The van der Waals surface area contributed by atoms with Crippen molar-refractivity contribution in [3.8, 4) is 0 Å². The maximum atomic E-state index is 5.82. The summed E-state index contributed by atoms with van der Waals surface area (Å²) in [6, 6.07) is 8.47. The van der Waals surface area contributed by atoms with E-state index in [9.17, 15) is 0 Å². The minimum Gasteiger partial charge on any atom is -0.357 e. The normalized spacial score (nSPS) is 15.6. The molecule has 0 spiro atoms. The molecule has 1 saturated heterocycles. The summed E-state index contributed by atoms with van der Waals surface area (Å²) >= 11 is 0. The SMILES string of the molecule is Cc1cc(N2CCCC2)nc2c(CN)cccc12. The van der Waals surface area contributed by atoms with Crippen LogP contribution in [0, 0.1) is 6.92 Å². The van der Waals surface area contributed by atoms with E-state index in [1.807, 2.05) is 0 Å². The molecule has 94 valence electrons. The summed E-state index contributed by atoms with van der Waals surface area (Å²) < 4.78 is 0. The van der Waals surface area contributed by atoms with Gasteiger partial charge in [0, 0.05) is 25.0 Å². The highest BCUT2D eigenvalue weighted by Gasteiger charge is 2.15. The van der Waals surface area contributed by atoms with E-state index in [1.54, 1.807) is 0 Å². The Balaban J connectivity index is 2.18. The molecule has 0 saturated carbocycles. The first-order valence-electron chi connectivity index (χ1n) is 6.64. The predicted octanol–water partition coefficient (Wildman–Crippen LogP) is 2.60. The van der Waals surface area contributed by atoms with Crippen LogP contribution in [0.3, 0.4) is 0 Å². The summed E-state index contributed by atoms with van der Waals surface area (Å²) in [6.45, 7) is 4.96. The molecule has 3 nitrogen and oxygen atoms in total. The van der Waals surface area contributed by atoms with Crippen molar-refractivity contribution >= 4 is 16.7 Å². The Morgan fingerprint density at radius 3 is 2.78 bits per heavy atom. The zero-order valence-electron chi connectivity index (χ0n) is 10.8. The molecule has 0 amide bonds. The number of nitrogens with zero attached hydrogens (tertiary/aromatic N) is 2. The highest BCUT2D eigenvalue weighted by Crippen LogP contribution is 2.26. The van der Waals surface area contributed by atoms with E-state index in [1.165, 1.54) is 23.8 Å². The van der Waals surface area contributed by atoms with Crippen LogP contribution in [-0.2, 0) is 6.54 Å². The second kappa shape index (κ2) is 4.58. The van der Waals surface area contributed by atoms with Crippen molar-refractivity contribution in [3.63, 3.8) is 0 Å². The monoisotopic (exact) mass is 241 g/mol. The minimum absolute atomic E-state index is 0.549. The number of para-hydroxylation sites is 1. The van der Waals surface area contributed by atoms with Crippen molar-refractivity contribution in [1.82, 2.24) is 4.98 Å². The van der Waals surface area contributed by atoms with Crippen molar-refractivity contribution in [1.29, 1.82) is 0 Å². The zero-order chi connectivity index (χ0) is 12.5. The Hall–Kier alpha value is -1.61. The first kappa shape index (κ1) is 11.5. The van der Waals surface area contributed by atoms with E-state index in [2.05, 4.69) is 36.1 Å². The highest BCUT2D eigenvalue weighted by molar-refractivity contribution is 5.86. The molecule has 3 heteroatoms. The second-order valence-electron chi connectivity index (χ2n) is 5.01. The van der Waals surface area contributed by atoms with Gasteiger partial charge in [-0.2, -0.15) is 0 Å². The minimum atomic E-state index is 0.549. The first-order chi connectivity index (χ1) is 8.79. The average molecular weight is 241 g/mol. The highest BCUT2D eigenvalue weighted by atomic mass is 15.2. The maximum Gasteiger partial charge on any atom is 0.129 e. The van der Waals surface area contributed by atoms with Gasteiger partial charge in [-0.25, -0.2) is 4.98 Å². The molecular weight excluding hydrogens is 222 g/mol. The molecule has 0 unspecified atom stereocenters. The second-order valence-corrected chi connectivity index (χ2v) is 5.01. The summed E-state index contributed by atoms with van der Waals surface area (Å²) in [5, 5.41) is 1.22. The van der Waals surface area contributed by atoms with Crippen LogP contribution in [0.4, 0.5) is 5.82 Å². The summed E-state index contributed by atoms with van der Waals surface area (Å²) in [7, 11) is 0. The van der Waals surface area contributed by atoms with Gasteiger partial charge in [0.2, 0.25) is 0 Å². The number of aromatic nitrogens is 1. The quantitative estimate of drug-likeness (QED) is 0.878. The Morgan fingerprint density at radius 1 is 1.28 bits per heavy atom. The van der Waals surface area contributed by atoms with Gasteiger partial charge in [-0.15, -0.1) is 0 Å². The van der Waals surface area contributed by atoms with E-state index in [0.29, 0.717) is 6.54 Å². The number of hydrogen-bond acceptors (Lipinski definition) is 3. The molecule has 0 aliphatic carbocycles. The van der Waals surface area contributed by atoms with Gasteiger partial charge in [-0.05, 0) is 37.0 Å². The molecule has 3 rings (SSSR count). The Labute approximate surface area is 108 Å². The molecule has 1 aliphatic rings. The summed E-state index contributed by atoms with van der Waals surface area (Å²) in [5.74, 6) is 1.11. The molecule has 2 N–H and O–H groups in total. The standard InChI is InChI=1S/C15H19N3/c1-11-9-14(18-7-2-3-8-18)17-15-12(10-16)5-4-6-13(11)15/h4-6,9H,2-3,7-8,10,16H2,1H3. The van der Waals surface area contributed by atoms with Gasteiger partial charge in [-0.1, -0.05) is 18.2 Å². The molecule has 1 aliphatic heterocycles. The van der Waals surface area contributed by atoms with Crippen molar-refractivity contribution in [2.24, 2.45) is 5.73 Å². The summed E-state index contributed by atoms with van der Waals surface area (Å²) in [4.78, 5) is 7.21. The van der Waals surface area contributed by atoms with E-state index in [-0.39, 0.29) is 0 Å². The fourth-order valence-corrected chi connectivity index (χ4v) is 2.73. The van der Waals surface area contributed by atoms with E-state index in [0.717, 1.165) is 30.0 Å². The van der Waals surface area contributed by atoms with Crippen LogP contribution in [0.25, 0.3) is 10.9 Å². The van der Waals surface area contributed by atoms with E-state index < -0.39 is 0 Å². The molecule has 0 radical (unpaired) electrons. The Kier molecular flexibility index (Phi) is 2.92. The third kappa shape index (κ3) is 1.85. The van der Waals surface area contributed by atoms with Crippen LogP contribution in [0.15, 0.2) is 24.3 Å². The Morgan fingerprint density at radius 2 is 2.06 bits per heavy atom. The van der Waals surface area contributed by atoms with Crippen molar-refractivity contribution < 1.29 is 0 Å². The van der Waals surface area contributed by atoms with Crippen LogP contribution >= 0.6 is 0 Å². The molecule has 2 heterocycles. The number of nitrogens with two attached hydrogens (primary N) is 1. The molecule has 1 aromatic heterocycles. The van der Waals surface area contributed by atoms with Crippen molar-refractivity contribution in [3.05, 3.63) is 35.4 Å². The zero-order valence-corrected chi connectivity index (χ0v) is 10.8. The fourth-order valence-electron chi connectivity index (χ4n) is 2.73. The van der Waals surface area contributed by atoms with Gasteiger partial charge in [0.1, 0.15) is 5.82 Å². The van der Waals surface area contributed by atoms with Gasteiger partial charge in [0.15, 0.2) is 0 Å². The number of anilines is 1. The maximum absolute atomic E-state index is 5.82. The number of fused-ring (bicyclic) bond motifs is 1. The summed E-state index contributed by atoms with van der Waals surface area (Å²) in [5.41, 5.74) is 9.31. The number of pyridine rings is 1. The lowest BCUT2D eigenvalue weighted by Gasteiger charge is -2.18. The third-order valence-electron chi connectivity index (χ3n) is 3.77. The molecule has 1 aromatic carbocycles. The number of rotatable bonds is 2. The Bertz CT molecular complexity index is 571. The van der Waals surface area contributed by atoms with Gasteiger partial charge in [-0.3, -0.25) is 0 Å². The molecule has 2 aromatic rings. The third-order valence-corrected chi connectivity index (χ3v) is 3.77. The van der Waals surface area contributed by atoms with Gasteiger partial charge >= 0.3 is 0 Å². The lowest BCUT2D eigenvalue weighted by Crippen LogP contribution is -2.19. The summed E-state index contributed by atoms with van der Waals surface area (Å²) in [6.07, 6.45) is 2.55. The topological polar surface area (TPSA) is 42.2 Å². The van der Waals surface area contributed by atoms with Gasteiger partial charge < -0.3 is 10.6 Å². The smallest absolute Gasteiger partial charge is 0.129 e. The lowest BCUT2D eigenvalue weighted by molar-refractivity contribution is 0.940. The first-order valence-corrected chi connectivity index (χ1v) is 6.64. The van der Waals surface area contributed by atoms with E-state index >= 15 is 0 Å². The van der Waals surface area contributed by atoms with Crippen LogP contribution in [0.2, 0.25) is 0 Å². The largest absolute Gasteiger partial charge is 0.357 e. The molecule has 1 fully saturated rings. The number of hydrogen-bond donors (Lipinski definition) is 1. The molecular formula is C15H19N3. The van der Waals surface area contributed by atoms with E-state index in [4.69, 9.17) is 10.7 Å². The average Bonchev–Trinajstić information content (AvgIpc) is 2.92. The molecule has 0 bridgehead atoms. The molecule has 0 atom stereocenters. The number of benzene rings is 1. The van der Waals surface area contributed by atoms with Gasteiger partial charge in [0.05, 0.1) is 5.52 Å². The van der Waals surface area contributed by atoms with Crippen LogP contribution in [-0.4, -0.2) is 18.1 Å². The van der Waals surface area contributed by atoms with Crippen LogP contribution < -0.4 is 10.6 Å². The van der Waals surface area contributed by atoms with Crippen LogP contribution in [0.1, 0.15) is 24.0 Å². The van der Waals surface area contributed by atoms with Crippen LogP contribution in [0.5, 0.6) is 0 Å². The number of aryl methyl sites for hydroxylation is 1. The van der Waals surface area contributed by atoms with Gasteiger partial charge in [0.25, 0.3) is 0 Å².